The molecule has 4 aliphatic rings. The first-order chi connectivity index (χ1) is 11.6. The average Bonchev–Trinajstić information content (AvgIpc) is 2.73. The molecule has 8 nitrogen and oxygen atoms in total. The number of aliphatic hydroxyl groups is 2. The average molecular weight is 345 g/mol. The van der Waals surface area contributed by atoms with Gasteiger partial charge < -0.3 is 29.2 Å². The second-order valence-electron chi connectivity index (χ2n) is 6.55. The van der Waals surface area contributed by atoms with Gasteiger partial charge in [-0.15, -0.1) is 0 Å². The minimum Gasteiger partial charge on any atom is -0.387 e. The van der Waals surface area contributed by atoms with Crippen LogP contribution in [-0.4, -0.2) is 97.7 Å². The number of hydrogen-bond donors (Lipinski definition) is 2. The quantitative estimate of drug-likeness (QED) is 0.649. The fourth-order valence-corrected chi connectivity index (χ4v) is 3.35. The molecule has 0 aromatic heterocycles. The van der Waals surface area contributed by atoms with Gasteiger partial charge in [0.1, 0.15) is 24.1 Å². The van der Waals surface area contributed by atoms with Gasteiger partial charge in [0, 0.05) is 26.1 Å². The highest BCUT2D eigenvalue weighted by atomic mass is 16.7. The van der Waals surface area contributed by atoms with Gasteiger partial charge in [0.15, 0.2) is 6.29 Å². The highest BCUT2D eigenvalue weighted by Crippen LogP contribution is 2.28. The van der Waals surface area contributed by atoms with Gasteiger partial charge in [-0.05, 0) is 12.8 Å². The minimum atomic E-state index is -1.13. The zero-order valence-electron chi connectivity index (χ0n) is 13.8. The van der Waals surface area contributed by atoms with Crippen LogP contribution in [0.2, 0.25) is 0 Å². The summed E-state index contributed by atoms with van der Waals surface area (Å²) in [5.41, 5.74) is 0. The van der Waals surface area contributed by atoms with E-state index in [4.69, 9.17) is 18.9 Å². The number of morpholine rings is 1. The molecule has 0 saturated carbocycles. The van der Waals surface area contributed by atoms with Crippen molar-refractivity contribution in [2.75, 3.05) is 46.1 Å². The van der Waals surface area contributed by atoms with Crippen LogP contribution in [-0.2, 0) is 23.7 Å². The van der Waals surface area contributed by atoms with Gasteiger partial charge in [-0.3, -0.25) is 9.69 Å². The third-order valence-corrected chi connectivity index (χ3v) is 4.73. The van der Waals surface area contributed by atoms with Gasteiger partial charge in [-0.1, -0.05) is 0 Å². The van der Waals surface area contributed by atoms with Crippen molar-refractivity contribution in [2.45, 2.75) is 50.0 Å². The van der Waals surface area contributed by atoms with E-state index in [9.17, 15) is 15.0 Å². The lowest BCUT2D eigenvalue weighted by Gasteiger charge is -2.41. The Kier molecular flexibility index (Phi) is 6.56. The maximum Gasteiger partial charge on any atom is 0.186 e. The number of rotatable bonds is 5. The van der Waals surface area contributed by atoms with Crippen LogP contribution in [0.25, 0.3) is 0 Å². The molecule has 4 fully saturated rings. The van der Waals surface area contributed by atoms with E-state index >= 15 is 0 Å². The van der Waals surface area contributed by atoms with E-state index < -0.39 is 30.7 Å². The van der Waals surface area contributed by atoms with E-state index in [1.54, 1.807) is 0 Å². The number of aliphatic hydroxyl groups excluding tert-OH is 2. The molecule has 0 amide bonds. The first-order valence-corrected chi connectivity index (χ1v) is 8.72. The molecule has 138 valence electrons. The van der Waals surface area contributed by atoms with Crippen LogP contribution in [0.1, 0.15) is 19.3 Å². The Hall–Kier alpha value is -0.610. The SMILES string of the molecule is O=C(CCC1OC2OCCCOC1C(O)C2O)CN1CCOCC1. The van der Waals surface area contributed by atoms with Gasteiger partial charge in [0.25, 0.3) is 0 Å². The zero-order valence-corrected chi connectivity index (χ0v) is 13.8. The summed E-state index contributed by atoms with van der Waals surface area (Å²) >= 11 is 0. The maximum absolute atomic E-state index is 12.2. The lowest BCUT2D eigenvalue weighted by Crippen LogP contribution is -2.58. The van der Waals surface area contributed by atoms with Crippen molar-refractivity contribution in [2.24, 2.45) is 0 Å². The molecule has 24 heavy (non-hydrogen) atoms. The van der Waals surface area contributed by atoms with Gasteiger partial charge in [-0.2, -0.15) is 0 Å². The smallest absolute Gasteiger partial charge is 0.186 e. The Morgan fingerprint density at radius 3 is 2.58 bits per heavy atom. The van der Waals surface area contributed by atoms with Crippen LogP contribution in [0, 0.1) is 0 Å². The van der Waals surface area contributed by atoms with E-state index in [1.165, 1.54) is 0 Å². The standard InChI is InChI=1S/C16H27NO7/c18-11(10-17-4-8-21-9-5-17)2-3-12-15-13(19)14(20)16(24-12)23-7-1-6-22-15/h12-16,19-20H,1-10H2. The molecule has 0 aromatic rings. The highest BCUT2D eigenvalue weighted by molar-refractivity contribution is 5.80. The van der Waals surface area contributed by atoms with Crippen LogP contribution < -0.4 is 0 Å². The molecule has 5 atom stereocenters. The second kappa shape index (κ2) is 8.66. The Morgan fingerprint density at radius 2 is 1.79 bits per heavy atom. The monoisotopic (exact) mass is 345 g/mol. The molecular formula is C16H27NO7. The van der Waals surface area contributed by atoms with Crippen molar-refractivity contribution in [3.63, 3.8) is 0 Å². The predicted octanol–water partition coefficient (Wildman–Crippen LogP) is -1.08. The molecule has 2 bridgehead atoms. The lowest BCUT2D eigenvalue weighted by molar-refractivity contribution is -0.295. The molecule has 5 unspecified atom stereocenters. The van der Waals surface area contributed by atoms with Crippen LogP contribution in [0.5, 0.6) is 0 Å². The lowest BCUT2D eigenvalue weighted by atomic mass is 9.95. The van der Waals surface area contributed by atoms with Crippen LogP contribution >= 0.6 is 0 Å². The van der Waals surface area contributed by atoms with Crippen molar-refractivity contribution in [1.29, 1.82) is 0 Å². The van der Waals surface area contributed by atoms with E-state index in [1.807, 2.05) is 0 Å². The molecule has 2 N–H and O–H groups in total. The van der Waals surface area contributed by atoms with E-state index in [2.05, 4.69) is 4.90 Å². The third-order valence-electron chi connectivity index (χ3n) is 4.73. The number of fused-ring (bicyclic) bond motifs is 6. The number of ether oxygens (including phenoxy) is 4. The summed E-state index contributed by atoms with van der Waals surface area (Å²) in [5.74, 6) is 0.132. The van der Waals surface area contributed by atoms with E-state index in [-0.39, 0.29) is 5.78 Å². The molecule has 4 heterocycles. The molecule has 0 aromatic carbocycles. The topological polar surface area (TPSA) is 97.7 Å². The number of Topliss-reactive ketones (excluding diaryl/α,β-unsaturated/α-hetero) is 1. The summed E-state index contributed by atoms with van der Waals surface area (Å²) < 4.78 is 22.2. The predicted molar refractivity (Wildman–Crippen MR) is 82.5 cm³/mol. The molecule has 0 spiro atoms. The molecule has 8 heteroatoms. The van der Waals surface area contributed by atoms with Crippen molar-refractivity contribution in [3.8, 4) is 0 Å². The zero-order chi connectivity index (χ0) is 16.9. The summed E-state index contributed by atoms with van der Waals surface area (Å²) in [7, 11) is 0. The van der Waals surface area contributed by atoms with Crippen molar-refractivity contribution >= 4 is 5.78 Å². The van der Waals surface area contributed by atoms with Gasteiger partial charge in [0.05, 0.1) is 32.5 Å². The Morgan fingerprint density at radius 1 is 1.04 bits per heavy atom. The molecule has 0 radical (unpaired) electrons. The summed E-state index contributed by atoms with van der Waals surface area (Å²) in [6.07, 6.45) is -2.69. The van der Waals surface area contributed by atoms with Gasteiger partial charge in [0.2, 0.25) is 0 Å². The number of hydrogen-bond acceptors (Lipinski definition) is 8. The van der Waals surface area contributed by atoms with Crippen LogP contribution in [0.4, 0.5) is 0 Å². The van der Waals surface area contributed by atoms with Crippen molar-refractivity contribution in [1.82, 2.24) is 4.90 Å². The van der Waals surface area contributed by atoms with Crippen LogP contribution in [0.15, 0.2) is 0 Å². The number of carbonyl (C=O) groups excluding carboxylic acids is 1. The largest absolute Gasteiger partial charge is 0.387 e. The molecule has 4 rings (SSSR count). The molecular weight excluding hydrogens is 318 g/mol. The first kappa shape index (κ1) is 18.2. The first-order valence-electron chi connectivity index (χ1n) is 8.72. The van der Waals surface area contributed by atoms with E-state index in [0.29, 0.717) is 52.2 Å². The van der Waals surface area contributed by atoms with Gasteiger partial charge >= 0.3 is 0 Å². The second-order valence-corrected chi connectivity index (χ2v) is 6.55. The molecule has 4 aliphatic heterocycles. The third kappa shape index (κ3) is 4.51. The highest BCUT2D eigenvalue weighted by Gasteiger charge is 2.46. The van der Waals surface area contributed by atoms with E-state index in [0.717, 1.165) is 13.1 Å². The summed E-state index contributed by atoms with van der Waals surface area (Å²) in [5, 5.41) is 20.3. The number of nitrogens with zero attached hydrogens (tertiary/aromatic N) is 1. The van der Waals surface area contributed by atoms with Crippen molar-refractivity contribution in [3.05, 3.63) is 0 Å². The fourth-order valence-electron chi connectivity index (χ4n) is 3.35. The van der Waals surface area contributed by atoms with Crippen molar-refractivity contribution < 1.29 is 34.0 Å². The van der Waals surface area contributed by atoms with Gasteiger partial charge in [-0.25, -0.2) is 0 Å². The summed E-state index contributed by atoms with van der Waals surface area (Å²) in [6, 6.07) is 0. The number of ketones is 1. The number of carbonyl (C=O) groups is 1. The Labute approximate surface area is 141 Å². The summed E-state index contributed by atoms with van der Waals surface area (Å²) in [6.45, 7) is 4.13. The molecule has 4 saturated heterocycles. The Balaban J connectivity index is 1.52. The summed E-state index contributed by atoms with van der Waals surface area (Å²) in [4.78, 5) is 14.3. The molecule has 0 aliphatic carbocycles. The fraction of sp³-hybridized carbons (Fsp3) is 0.938. The normalized spacial score (nSPS) is 38.3. The Bertz CT molecular complexity index is 413. The maximum atomic E-state index is 12.2. The minimum absolute atomic E-state index is 0.132. The van der Waals surface area contributed by atoms with Crippen LogP contribution in [0.3, 0.4) is 0 Å².